The van der Waals surface area contributed by atoms with Crippen molar-refractivity contribution in [3.8, 4) is 0 Å². The molecule has 6 nitrogen and oxygen atoms in total. The van der Waals surface area contributed by atoms with Crippen LogP contribution in [0.25, 0.3) is 0 Å². The van der Waals surface area contributed by atoms with Gasteiger partial charge in [0.15, 0.2) is 0 Å². The molecule has 1 N–H and O–H groups in total. The maximum Gasteiger partial charge on any atom is 0.435 e. The van der Waals surface area contributed by atoms with Gasteiger partial charge < -0.3 is 15.1 Å². The lowest BCUT2D eigenvalue weighted by molar-refractivity contribution is -0.292. The summed E-state index contributed by atoms with van der Waals surface area (Å²) in [6.45, 7) is -0.381. The fourth-order valence-corrected chi connectivity index (χ4v) is 4.81. The molecule has 2 aromatic carbocycles. The summed E-state index contributed by atoms with van der Waals surface area (Å²) < 4.78 is 134. The summed E-state index contributed by atoms with van der Waals surface area (Å²) in [4.78, 5) is 29.7. The molecular weight excluding hydrogens is 616 g/mol. The van der Waals surface area contributed by atoms with Crippen LogP contribution >= 0.6 is 11.6 Å². The van der Waals surface area contributed by atoms with E-state index in [1.807, 2.05) is 0 Å². The number of likely N-dealkylation sites (tertiary alicyclic amines) is 1. The van der Waals surface area contributed by atoms with Crippen molar-refractivity contribution in [2.45, 2.75) is 49.9 Å². The zero-order valence-corrected chi connectivity index (χ0v) is 21.8. The number of alkyl halides is 9. The summed E-state index contributed by atoms with van der Waals surface area (Å²) in [5.74, 6) is -3.47. The van der Waals surface area contributed by atoms with E-state index in [4.69, 9.17) is 16.4 Å². The zero-order chi connectivity index (χ0) is 31.4. The molecule has 42 heavy (non-hydrogen) atoms. The van der Waals surface area contributed by atoms with E-state index in [9.17, 15) is 53.5 Å². The average molecular weight is 634 g/mol. The van der Waals surface area contributed by atoms with Gasteiger partial charge in [0.25, 0.3) is 11.5 Å². The van der Waals surface area contributed by atoms with Gasteiger partial charge in [-0.25, -0.2) is 4.39 Å². The van der Waals surface area contributed by atoms with Gasteiger partial charge in [-0.05, 0) is 48.7 Å². The Morgan fingerprint density at radius 2 is 1.79 bits per heavy atom. The van der Waals surface area contributed by atoms with Crippen LogP contribution in [0.3, 0.4) is 0 Å². The first-order valence-electron chi connectivity index (χ1n) is 11.9. The second kappa shape index (κ2) is 10.6. The third-order valence-electron chi connectivity index (χ3n) is 6.77. The van der Waals surface area contributed by atoms with Crippen molar-refractivity contribution < 1.29 is 58.3 Å². The minimum absolute atomic E-state index is 0.00321. The molecule has 0 spiro atoms. The maximum absolute atomic E-state index is 14.7. The predicted molar refractivity (Wildman–Crippen MR) is 126 cm³/mol. The number of hydrogen-bond acceptors (Lipinski definition) is 4. The summed E-state index contributed by atoms with van der Waals surface area (Å²) in [6.07, 6.45) is -16.8. The van der Waals surface area contributed by atoms with Gasteiger partial charge in [0, 0.05) is 17.5 Å². The van der Waals surface area contributed by atoms with Gasteiger partial charge in [0.1, 0.15) is 18.4 Å². The van der Waals surface area contributed by atoms with Crippen LogP contribution in [0.5, 0.6) is 0 Å². The lowest BCUT2D eigenvalue weighted by atomic mass is 9.84. The lowest BCUT2D eigenvalue weighted by Crippen LogP contribution is -2.65. The van der Waals surface area contributed by atoms with Gasteiger partial charge in [0.05, 0.1) is 22.8 Å². The molecule has 2 aliphatic heterocycles. The van der Waals surface area contributed by atoms with Crippen molar-refractivity contribution in [1.29, 1.82) is 0 Å². The Morgan fingerprint density at radius 1 is 1.12 bits per heavy atom. The fraction of sp³-hybridized carbons (Fsp3) is 0.400. The highest BCUT2D eigenvalue weighted by atomic mass is 35.5. The van der Waals surface area contributed by atoms with Crippen LogP contribution in [0.4, 0.5) is 43.9 Å². The van der Waals surface area contributed by atoms with Crippen LogP contribution in [-0.2, 0) is 21.4 Å². The number of nitrogens with zero attached hydrogens (tertiary/aromatic N) is 2. The van der Waals surface area contributed by atoms with Gasteiger partial charge >= 0.3 is 18.5 Å². The van der Waals surface area contributed by atoms with Crippen molar-refractivity contribution in [3.63, 3.8) is 0 Å². The zero-order valence-electron chi connectivity index (χ0n) is 21.1. The molecule has 0 saturated carbocycles. The van der Waals surface area contributed by atoms with E-state index in [1.54, 1.807) is 0 Å². The monoisotopic (exact) mass is 633 g/mol. The Bertz CT molecular complexity index is 1450. The molecule has 0 aliphatic carbocycles. The summed E-state index contributed by atoms with van der Waals surface area (Å²) in [6, 6.07) is 2.79. The number of aryl methyl sites for hydroxylation is 1. The van der Waals surface area contributed by atoms with Crippen LogP contribution in [0.2, 0.25) is 5.02 Å². The first-order chi connectivity index (χ1) is 19.2. The molecule has 2 aromatic rings. The summed E-state index contributed by atoms with van der Waals surface area (Å²) in [5, 5.41) is 4.57. The lowest BCUT2D eigenvalue weighted by Gasteiger charge is -2.39. The number of halogens is 11. The van der Waals surface area contributed by atoms with Crippen LogP contribution in [0, 0.1) is 12.7 Å². The van der Waals surface area contributed by atoms with E-state index in [2.05, 4.69) is 10.5 Å². The number of amides is 2. The molecule has 1 fully saturated rings. The molecule has 2 atom stereocenters. The molecule has 0 unspecified atom stereocenters. The molecule has 2 amide bonds. The Balaban J connectivity index is 1.55. The molecule has 2 heterocycles. The molecule has 0 aromatic heterocycles. The van der Waals surface area contributed by atoms with Gasteiger partial charge in [-0.2, -0.15) is 39.5 Å². The minimum Gasteiger partial charge on any atom is -0.374 e. The second-order valence-corrected chi connectivity index (χ2v) is 10.1. The Labute approximate surface area is 235 Å². The van der Waals surface area contributed by atoms with Crippen LogP contribution in [0.15, 0.2) is 35.5 Å². The number of carbonyl (C=O) groups is 2. The van der Waals surface area contributed by atoms with E-state index < -0.39 is 83.3 Å². The number of carbonyl (C=O) groups excluding carboxylic acids is 2. The van der Waals surface area contributed by atoms with E-state index in [0.29, 0.717) is 4.90 Å². The molecule has 0 radical (unpaired) electrons. The normalized spacial score (nSPS) is 21.4. The number of oxime groups is 1. The van der Waals surface area contributed by atoms with Crippen LogP contribution in [0.1, 0.15) is 45.5 Å². The highest BCUT2D eigenvalue weighted by Crippen LogP contribution is 2.50. The third kappa shape index (κ3) is 5.99. The van der Waals surface area contributed by atoms with Gasteiger partial charge in [-0.3, -0.25) is 9.59 Å². The largest absolute Gasteiger partial charge is 0.435 e. The number of rotatable bonds is 5. The third-order valence-corrected chi connectivity index (χ3v) is 7.04. The molecule has 2 aliphatic rings. The van der Waals surface area contributed by atoms with E-state index in [0.717, 1.165) is 0 Å². The van der Waals surface area contributed by atoms with Crippen molar-refractivity contribution in [1.82, 2.24) is 10.2 Å². The van der Waals surface area contributed by atoms with E-state index in [-0.39, 0.29) is 41.1 Å². The summed E-state index contributed by atoms with van der Waals surface area (Å²) in [7, 11) is 0. The highest BCUT2D eigenvalue weighted by Gasteiger charge is 2.62. The van der Waals surface area contributed by atoms with Gasteiger partial charge in [-0.1, -0.05) is 22.8 Å². The van der Waals surface area contributed by atoms with Crippen molar-refractivity contribution in [3.05, 3.63) is 69.0 Å². The van der Waals surface area contributed by atoms with Gasteiger partial charge in [-0.15, -0.1) is 0 Å². The number of β-lactam (4-membered cyclic amide) rings is 1. The standard InChI is InChI=1S/C25H18ClF10N3O3/c1-11-6-12(2-3-14(11)20(40)37-18-9-39(21(18)41)10-23(28,29)30)17-4-5-22(42-38-17,25(34,35)36)15-7-13(24(31,32)33)8-16(26)19(15)27/h2-3,6-8,18H,4-5,9-10H2,1H3,(H,37,40)/t18-,22-/m1/s1. The smallest absolute Gasteiger partial charge is 0.374 e. The Kier molecular flexibility index (Phi) is 7.93. The topological polar surface area (TPSA) is 71.0 Å². The van der Waals surface area contributed by atoms with Crippen molar-refractivity contribution in [2.75, 3.05) is 13.1 Å². The molecule has 1 saturated heterocycles. The Morgan fingerprint density at radius 3 is 2.29 bits per heavy atom. The van der Waals surface area contributed by atoms with E-state index >= 15 is 0 Å². The maximum atomic E-state index is 14.7. The molecular formula is C25H18ClF10N3O3. The van der Waals surface area contributed by atoms with Crippen molar-refractivity contribution in [2.24, 2.45) is 5.16 Å². The number of benzene rings is 2. The molecule has 4 rings (SSSR count). The average Bonchev–Trinajstić information content (AvgIpc) is 2.87. The van der Waals surface area contributed by atoms with Crippen molar-refractivity contribution >= 4 is 29.1 Å². The first-order valence-corrected chi connectivity index (χ1v) is 12.3. The predicted octanol–water partition coefficient (Wildman–Crippen LogP) is 6.28. The number of nitrogens with one attached hydrogen (secondary N) is 1. The summed E-state index contributed by atoms with van der Waals surface area (Å²) in [5.41, 5.74) is -6.38. The SMILES string of the molecule is Cc1cc(C2=NO[C@](c3cc(C(F)(F)F)cc(Cl)c3F)(C(F)(F)F)CC2)ccc1C(=O)N[C@@H]1CN(CC(F)(F)F)C1=O. The molecule has 0 bridgehead atoms. The van der Waals surface area contributed by atoms with Gasteiger partial charge in [0.2, 0.25) is 5.91 Å². The molecule has 228 valence electrons. The summed E-state index contributed by atoms with van der Waals surface area (Å²) >= 11 is 5.49. The quantitative estimate of drug-likeness (QED) is 0.311. The van der Waals surface area contributed by atoms with E-state index in [1.165, 1.54) is 25.1 Å². The fourth-order valence-electron chi connectivity index (χ4n) is 4.59. The second-order valence-electron chi connectivity index (χ2n) is 9.66. The number of hydrogen-bond donors (Lipinski definition) is 1. The van der Waals surface area contributed by atoms with Crippen LogP contribution < -0.4 is 5.32 Å². The minimum atomic E-state index is -5.41. The highest BCUT2D eigenvalue weighted by molar-refractivity contribution is 6.30. The molecule has 17 heteroatoms. The van der Waals surface area contributed by atoms with Crippen LogP contribution in [-0.4, -0.2) is 53.9 Å². The first kappa shape index (κ1) is 31.4. The Hall–Kier alpha value is -3.56.